The number of hydrogen-bond donors (Lipinski definition) is 1. The topological polar surface area (TPSA) is 54.6 Å². The minimum absolute atomic E-state index is 0.0528. The van der Waals surface area contributed by atoms with Gasteiger partial charge in [-0.1, -0.05) is 23.7 Å². The average molecular weight is 409 g/mol. The fourth-order valence-electron chi connectivity index (χ4n) is 2.47. The molecule has 0 aliphatic carbocycles. The van der Waals surface area contributed by atoms with Gasteiger partial charge >= 0.3 is 18.3 Å². The number of carbonyl (C=O) groups is 1. The monoisotopic (exact) mass is 408 g/mol. The van der Waals surface area contributed by atoms with Crippen molar-refractivity contribution >= 4 is 23.2 Å². The zero-order valence-corrected chi connectivity index (χ0v) is 13.6. The number of imidazole rings is 1. The SMILES string of the molecule is O=C(O)c1nc2c(C(F)(F)F)cc(-c3ccc(C(F)(F)F)cc3)cn2c1Cl. The molecular weight excluding hydrogens is 402 g/mol. The Morgan fingerprint density at radius 1 is 1.00 bits per heavy atom. The normalized spacial score (nSPS) is 12.6. The van der Waals surface area contributed by atoms with Crippen LogP contribution in [0.1, 0.15) is 21.6 Å². The van der Waals surface area contributed by atoms with E-state index in [1.807, 2.05) is 0 Å². The molecule has 11 heteroatoms. The molecule has 0 fully saturated rings. The number of fused-ring (bicyclic) bond motifs is 1. The maximum Gasteiger partial charge on any atom is 0.420 e. The van der Waals surface area contributed by atoms with E-state index >= 15 is 0 Å². The molecule has 1 aromatic carbocycles. The standard InChI is InChI=1S/C16H7ClF6N2O2/c17-12-11(14(26)27)24-13-10(16(21,22)23)5-8(6-25(12)13)7-1-3-9(4-2-7)15(18,19)20/h1-6H,(H,26,27). The number of carboxylic acids is 1. The minimum atomic E-state index is -4.90. The van der Waals surface area contributed by atoms with Crippen molar-refractivity contribution < 1.29 is 36.2 Å². The van der Waals surface area contributed by atoms with Gasteiger partial charge in [-0.2, -0.15) is 26.3 Å². The fourth-order valence-corrected chi connectivity index (χ4v) is 2.72. The maximum atomic E-state index is 13.4. The fraction of sp³-hybridized carbons (Fsp3) is 0.125. The van der Waals surface area contributed by atoms with Gasteiger partial charge in [0.15, 0.2) is 11.3 Å². The Bertz CT molecular complexity index is 1040. The van der Waals surface area contributed by atoms with Gasteiger partial charge in [0.1, 0.15) is 5.15 Å². The lowest BCUT2D eigenvalue weighted by atomic mass is 10.0. The van der Waals surface area contributed by atoms with Gasteiger partial charge in [-0.05, 0) is 29.3 Å². The Balaban J connectivity index is 2.25. The Kier molecular flexibility index (Phi) is 4.34. The number of nitrogens with zero attached hydrogens (tertiary/aromatic N) is 2. The lowest BCUT2D eigenvalue weighted by Gasteiger charge is -2.12. The second-order valence-corrected chi connectivity index (χ2v) is 5.82. The van der Waals surface area contributed by atoms with Gasteiger partial charge in [-0.25, -0.2) is 9.78 Å². The van der Waals surface area contributed by atoms with Crippen molar-refractivity contribution in [3.05, 3.63) is 58.5 Å². The highest BCUT2D eigenvalue weighted by Gasteiger charge is 2.36. The van der Waals surface area contributed by atoms with Crippen molar-refractivity contribution in [1.29, 1.82) is 0 Å². The molecule has 3 aromatic rings. The quantitative estimate of drug-likeness (QED) is 0.578. The number of aromatic nitrogens is 2. The van der Waals surface area contributed by atoms with E-state index in [-0.39, 0.29) is 11.1 Å². The van der Waals surface area contributed by atoms with E-state index < -0.39 is 45.9 Å². The van der Waals surface area contributed by atoms with Crippen LogP contribution in [0, 0.1) is 0 Å². The van der Waals surface area contributed by atoms with Crippen LogP contribution in [0.4, 0.5) is 26.3 Å². The third-order valence-electron chi connectivity index (χ3n) is 3.72. The molecule has 0 unspecified atom stereocenters. The number of halogens is 7. The Hall–Kier alpha value is -2.75. The van der Waals surface area contributed by atoms with Gasteiger partial charge in [-0.3, -0.25) is 4.40 Å². The number of alkyl halides is 6. The summed E-state index contributed by atoms with van der Waals surface area (Å²) >= 11 is 5.82. The van der Waals surface area contributed by atoms with E-state index in [0.717, 1.165) is 34.9 Å². The highest BCUT2D eigenvalue weighted by Crippen LogP contribution is 2.37. The van der Waals surface area contributed by atoms with Crippen molar-refractivity contribution in [2.45, 2.75) is 12.4 Å². The summed E-state index contributed by atoms with van der Waals surface area (Å²) in [7, 11) is 0. The molecule has 2 heterocycles. The molecule has 0 amide bonds. The van der Waals surface area contributed by atoms with Gasteiger partial charge in [-0.15, -0.1) is 0 Å². The lowest BCUT2D eigenvalue weighted by Crippen LogP contribution is -2.08. The van der Waals surface area contributed by atoms with Crippen LogP contribution in [-0.2, 0) is 12.4 Å². The summed E-state index contributed by atoms with van der Waals surface area (Å²) in [5.41, 5.74) is -3.78. The van der Waals surface area contributed by atoms with E-state index in [1.54, 1.807) is 0 Å². The van der Waals surface area contributed by atoms with Crippen molar-refractivity contribution in [3.8, 4) is 11.1 Å². The molecule has 0 atom stereocenters. The molecule has 0 saturated carbocycles. The minimum Gasteiger partial charge on any atom is -0.476 e. The van der Waals surface area contributed by atoms with Crippen molar-refractivity contribution in [2.75, 3.05) is 0 Å². The van der Waals surface area contributed by atoms with Crippen LogP contribution in [0.5, 0.6) is 0 Å². The van der Waals surface area contributed by atoms with Gasteiger partial charge in [0, 0.05) is 6.20 Å². The second-order valence-electron chi connectivity index (χ2n) is 5.47. The first-order valence-corrected chi connectivity index (χ1v) is 7.47. The smallest absolute Gasteiger partial charge is 0.420 e. The molecule has 2 aromatic heterocycles. The summed E-state index contributed by atoms with van der Waals surface area (Å²) < 4.78 is 78.8. The highest BCUT2D eigenvalue weighted by atomic mass is 35.5. The van der Waals surface area contributed by atoms with Crippen LogP contribution < -0.4 is 0 Å². The molecule has 0 bridgehead atoms. The van der Waals surface area contributed by atoms with Crippen LogP contribution >= 0.6 is 11.6 Å². The van der Waals surface area contributed by atoms with E-state index in [0.29, 0.717) is 6.07 Å². The third-order valence-corrected chi connectivity index (χ3v) is 4.08. The Labute approximate surface area is 151 Å². The van der Waals surface area contributed by atoms with Crippen molar-refractivity contribution in [3.63, 3.8) is 0 Å². The molecule has 4 nitrogen and oxygen atoms in total. The first-order chi connectivity index (χ1) is 12.4. The van der Waals surface area contributed by atoms with E-state index in [1.165, 1.54) is 0 Å². The number of hydrogen-bond acceptors (Lipinski definition) is 2. The molecule has 0 aliphatic rings. The van der Waals surface area contributed by atoms with E-state index in [2.05, 4.69) is 4.98 Å². The molecule has 0 spiro atoms. The summed E-state index contributed by atoms with van der Waals surface area (Å²) in [6.07, 6.45) is -8.41. The summed E-state index contributed by atoms with van der Waals surface area (Å²) in [5.74, 6) is -1.62. The van der Waals surface area contributed by atoms with E-state index in [4.69, 9.17) is 16.7 Å². The first-order valence-electron chi connectivity index (χ1n) is 7.09. The zero-order valence-electron chi connectivity index (χ0n) is 12.9. The molecule has 0 saturated heterocycles. The summed E-state index contributed by atoms with van der Waals surface area (Å²) in [6, 6.07) is 4.14. The highest BCUT2D eigenvalue weighted by molar-refractivity contribution is 6.32. The maximum absolute atomic E-state index is 13.4. The van der Waals surface area contributed by atoms with Crippen LogP contribution in [0.15, 0.2) is 36.5 Å². The lowest BCUT2D eigenvalue weighted by molar-refractivity contribution is -0.138. The largest absolute Gasteiger partial charge is 0.476 e. The number of pyridine rings is 1. The second kappa shape index (κ2) is 6.15. The summed E-state index contributed by atoms with van der Waals surface area (Å²) in [5, 5.41) is 8.45. The Morgan fingerprint density at radius 2 is 1.59 bits per heavy atom. The summed E-state index contributed by atoms with van der Waals surface area (Å²) in [4.78, 5) is 14.5. The third kappa shape index (κ3) is 3.44. The van der Waals surface area contributed by atoms with Crippen LogP contribution in [0.2, 0.25) is 5.15 Å². The van der Waals surface area contributed by atoms with Gasteiger partial charge in [0.2, 0.25) is 0 Å². The van der Waals surface area contributed by atoms with Crippen LogP contribution in [-0.4, -0.2) is 20.5 Å². The Morgan fingerprint density at radius 3 is 2.07 bits per heavy atom. The molecular formula is C16H7ClF6N2O2. The van der Waals surface area contributed by atoms with Gasteiger partial charge < -0.3 is 5.11 Å². The molecule has 3 rings (SSSR count). The predicted molar refractivity (Wildman–Crippen MR) is 82.6 cm³/mol. The van der Waals surface area contributed by atoms with Crippen molar-refractivity contribution in [2.24, 2.45) is 0 Å². The number of rotatable bonds is 2. The van der Waals surface area contributed by atoms with Gasteiger partial charge in [0.05, 0.1) is 11.1 Å². The zero-order chi connectivity index (χ0) is 20.1. The number of aromatic carboxylic acids is 1. The molecule has 0 radical (unpaired) electrons. The van der Waals surface area contributed by atoms with Crippen LogP contribution in [0.25, 0.3) is 16.8 Å². The molecule has 142 valence electrons. The number of benzene rings is 1. The summed E-state index contributed by atoms with van der Waals surface area (Å²) in [6.45, 7) is 0. The van der Waals surface area contributed by atoms with Crippen LogP contribution in [0.3, 0.4) is 0 Å². The van der Waals surface area contributed by atoms with E-state index in [9.17, 15) is 31.1 Å². The first kappa shape index (κ1) is 19.0. The molecule has 0 aliphatic heterocycles. The molecule has 27 heavy (non-hydrogen) atoms. The number of carboxylic acid groups (broad SMARTS) is 1. The predicted octanol–water partition coefficient (Wildman–Crippen LogP) is 5.39. The molecule has 1 N–H and O–H groups in total. The van der Waals surface area contributed by atoms with Gasteiger partial charge in [0.25, 0.3) is 0 Å². The van der Waals surface area contributed by atoms with Crippen molar-refractivity contribution in [1.82, 2.24) is 9.38 Å². The average Bonchev–Trinajstić information content (AvgIpc) is 2.90.